The highest BCUT2D eigenvalue weighted by atomic mass is 33.1. The Morgan fingerprint density at radius 2 is 1.93 bits per heavy atom. The number of benzene rings is 1. The predicted octanol–water partition coefficient (Wildman–Crippen LogP) is 3.04. The first-order valence-corrected chi connectivity index (χ1v) is 11.4. The van der Waals surface area contributed by atoms with E-state index in [4.69, 9.17) is 14.4 Å². The molecule has 0 fully saturated rings. The summed E-state index contributed by atoms with van der Waals surface area (Å²) < 4.78 is 10.6. The molecule has 1 aromatic heterocycles. The van der Waals surface area contributed by atoms with E-state index in [0.717, 1.165) is 17.1 Å². The molecule has 2 N–H and O–H groups in total. The fourth-order valence-corrected chi connectivity index (χ4v) is 4.01. The Morgan fingerprint density at radius 3 is 2.64 bits per heavy atom. The Balaban J connectivity index is 1.65. The molecular weight excluding hydrogens is 402 g/mol. The van der Waals surface area contributed by atoms with E-state index in [1.54, 1.807) is 10.8 Å². The van der Waals surface area contributed by atoms with Gasteiger partial charge in [0.25, 0.3) is 0 Å². The summed E-state index contributed by atoms with van der Waals surface area (Å²) in [5.74, 6) is 2.07. The van der Waals surface area contributed by atoms with Gasteiger partial charge in [0.05, 0.1) is 13.0 Å². The number of hydrogen-bond acceptors (Lipinski definition) is 8. The van der Waals surface area contributed by atoms with Gasteiger partial charge in [-0.15, -0.1) is 0 Å². The highest BCUT2D eigenvalue weighted by Crippen LogP contribution is 2.21. The number of rotatable bonds is 13. The molecule has 0 saturated carbocycles. The molecule has 1 amide bonds. The third-order valence-corrected chi connectivity index (χ3v) is 5.86. The first kappa shape index (κ1) is 22.1. The standard InChI is InChI=1S/C18H23N3O5S2/c1-2-25-14-5-3-13(4-6-14)18-20-16(26-21-18)8-7-15(22)19-10-12-28-27-11-9-17(23)24/h3-6H,2,7-12H2,1H3,(H,19,22)(H,23,24). The molecule has 28 heavy (non-hydrogen) atoms. The average molecular weight is 426 g/mol. The number of carbonyl (C=O) groups excluding carboxylic acids is 1. The van der Waals surface area contributed by atoms with E-state index < -0.39 is 5.97 Å². The van der Waals surface area contributed by atoms with Crippen LogP contribution in [-0.4, -0.2) is 51.8 Å². The van der Waals surface area contributed by atoms with Gasteiger partial charge in [0.1, 0.15) is 5.75 Å². The van der Waals surface area contributed by atoms with E-state index >= 15 is 0 Å². The number of aromatic nitrogens is 2. The fourth-order valence-electron chi connectivity index (χ4n) is 2.13. The van der Waals surface area contributed by atoms with Crippen LogP contribution in [0.5, 0.6) is 5.75 Å². The van der Waals surface area contributed by atoms with Gasteiger partial charge in [0.15, 0.2) is 0 Å². The number of hydrogen-bond donors (Lipinski definition) is 2. The quantitative estimate of drug-likeness (QED) is 0.369. The maximum absolute atomic E-state index is 11.9. The van der Waals surface area contributed by atoms with Crippen LogP contribution in [0.25, 0.3) is 11.4 Å². The molecule has 0 atom stereocenters. The Bertz CT molecular complexity index is 752. The van der Waals surface area contributed by atoms with Gasteiger partial charge in [-0.3, -0.25) is 9.59 Å². The van der Waals surface area contributed by atoms with Gasteiger partial charge in [0, 0.05) is 36.5 Å². The van der Waals surface area contributed by atoms with Gasteiger partial charge >= 0.3 is 5.97 Å². The molecule has 0 spiro atoms. The molecule has 2 aromatic rings. The molecule has 0 unspecified atom stereocenters. The molecule has 8 nitrogen and oxygen atoms in total. The van der Waals surface area contributed by atoms with Crippen molar-refractivity contribution in [2.75, 3.05) is 24.7 Å². The zero-order valence-corrected chi connectivity index (χ0v) is 17.2. The molecule has 1 aromatic carbocycles. The number of ether oxygens (including phenoxy) is 1. The Hall–Kier alpha value is -2.20. The van der Waals surface area contributed by atoms with Gasteiger partial charge in [-0.05, 0) is 31.2 Å². The van der Waals surface area contributed by atoms with Crippen LogP contribution >= 0.6 is 21.6 Å². The van der Waals surface area contributed by atoms with Crippen molar-refractivity contribution in [1.82, 2.24) is 15.5 Å². The van der Waals surface area contributed by atoms with Gasteiger partial charge in [-0.1, -0.05) is 26.7 Å². The molecule has 0 bridgehead atoms. The van der Waals surface area contributed by atoms with E-state index in [1.165, 1.54) is 10.8 Å². The molecule has 0 aliphatic heterocycles. The number of nitrogens with zero attached hydrogens (tertiary/aromatic N) is 2. The van der Waals surface area contributed by atoms with Crippen molar-refractivity contribution in [3.8, 4) is 17.1 Å². The third kappa shape index (κ3) is 8.22. The first-order chi connectivity index (χ1) is 13.6. The van der Waals surface area contributed by atoms with Crippen molar-refractivity contribution < 1.29 is 24.0 Å². The van der Waals surface area contributed by atoms with Crippen LogP contribution in [0.4, 0.5) is 0 Å². The summed E-state index contributed by atoms with van der Waals surface area (Å²) in [5.41, 5.74) is 0.820. The Labute approximate surface area is 171 Å². The largest absolute Gasteiger partial charge is 0.494 e. The SMILES string of the molecule is CCOc1ccc(-c2noc(CCC(=O)NCCSSCCC(=O)O)n2)cc1. The van der Waals surface area contributed by atoms with Crippen molar-refractivity contribution in [1.29, 1.82) is 0 Å². The van der Waals surface area contributed by atoms with Crippen LogP contribution in [0.2, 0.25) is 0 Å². The maximum atomic E-state index is 11.9. The summed E-state index contributed by atoms with van der Waals surface area (Å²) in [5, 5.41) is 15.3. The highest BCUT2D eigenvalue weighted by Gasteiger charge is 2.11. The van der Waals surface area contributed by atoms with Crippen molar-refractivity contribution in [2.45, 2.75) is 26.2 Å². The zero-order valence-electron chi connectivity index (χ0n) is 15.6. The second-order valence-electron chi connectivity index (χ2n) is 5.61. The summed E-state index contributed by atoms with van der Waals surface area (Å²) in [4.78, 5) is 26.6. The lowest BCUT2D eigenvalue weighted by molar-refractivity contribution is -0.136. The fraction of sp³-hybridized carbons (Fsp3) is 0.444. The van der Waals surface area contributed by atoms with Gasteiger partial charge in [-0.25, -0.2) is 0 Å². The number of nitrogens with one attached hydrogen (secondary N) is 1. The summed E-state index contributed by atoms with van der Waals surface area (Å²) in [6.45, 7) is 3.07. The minimum absolute atomic E-state index is 0.0862. The number of carboxylic acids is 1. The van der Waals surface area contributed by atoms with Gasteiger partial charge in [-0.2, -0.15) is 4.98 Å². The minimum atomic E-state index is -0.798. The Morgan fingerprint density at radius 1 is 1.18 bits per heavy atom. The molecule has 10 heteroatoms. The smallest absolute Gasteiger partial charge is 0.304 e. The van der Waals surface area contributed by atoms with E-state index in [2.05, 4.69) is 15.5 Å². The molecule has 152 valence electrons. The number of amides is 1. The molecule has 0 radical (unpaired) electrons. The molecule has 0 aliphatic rings. The highest BCUT2D eigenvalue weighted by molar-refractivity contribution is 8.76. The second-order valence-corrected chi connectivity index (χ2v) is 8.31. The van der Waals surface area contributed by atoms with Crippen LogP contribution in [0.15, 0.2) is 28.8 Å². The summed E-state index contributed by atoms with van der Waals surface area (Å²) in [6, 6.07) is 7.41. The normalized spacial score (nSPS) is 10.6. The monoisotopic (exact) mass is 425 g/mol. The lowest BCUT2D eigenvalue weighted by atomic mass is 10.2. The van der Waals surface area contributed by atoms with Crippen molar-refractivity contribution in [2.24, 2.45) is 0 Å². The molecule has 2 rings (SSSR count). The van der Waals surface area contributed by atoms with Crippen LogP contribution in [0, 0.1) is 0 Å². The number of aryl methyl sites for hydroxylation is 1. The van der Waals surface area contributed by atoms with Crippen molar-refractivity contribution in [3.63, 3.8) is 0 Å². The summed E-state index contributed by atoms with van der Waals surface area (Å²) in [7, 11) is 3.04. The van der Waals surface area contributed by atoms with Crippen molar-refractivity contribution in [3.05, 3.63) is 30.2 Å². The molecule has 0 aliphatic carbocycles. The van der Waals surface area contributed by atoms with Crippen LogP contribution in [0.1, 0.15) is 25.7 Å². The van der Waals surface area contributed by atoms with Gasteiger partial charge < -0.3 is 19.7 Å². The summed E-state index contributed by atoms with van der Waals surface area (Å²) in [6.07, 6.45) is 0.783. The van der Waals surface area contributed by atoms with E-state index in [9.17, 15) is 9.59 Å². The molecule has 1 heterocycles. The van der Waals surface area contributed by atoms with E-state index in [-0.39, 0.29) is 18.7 Å². The molecular formula is C18H23N3O5S2. The number of carbonyl (C=O) groups is 2. The number of aliphatic carboxylic acids is 1. The lowest BCUT2D eigenvalue weighted by Gasteiger charge is -2.03. The Kier molecular flexibility index (Phi) is 9.70. The predicted molar refractivity (Wildman–Crippen MR) is 109 cm³/mol. The maximum Gasteiger partial charge on any atom is 0.304 e. The van der Waals surface area contributed by atoms with E-state index in [1.807, 2.05) is 31.2 Å². The first-order valence-electron chi connectivity index (χ1n) is 8.87. The minimum Gasteiger partial charge on any atom is -0.494 e. The number of carboxylic acid groups (broad SMARTS) is 1. The molecule has 0 saturated heterocycles. The average Bonchev–Trinajstić information content (AvgIpc) is 3.15. The summed E-state index contributed by atoms with van der Waals surface area (Å²) >= 11 is 0. The van der Waals surface area contributed by atoms with Crippen molar-refractivity contribution >= 4 is 33.5 Å². The third-order valence-electron chi connectivity index (χ3n) is 3.45. The van der Waals surface area contributed by atoms with Crippen LogP contribution in [0.3, 0.4) is 0 Å². The van der Waals surface area contributed by atoms with Crippen LogP contribution < -0.4 is 10.1 Å². The van der Waals surface area contributed by atoms with Gasteiger partial charge in [0.2, 0.25) is 17.6 Å². The van der Waals surface area contributed by atoms with Crippen LogP contribution in [-0.2, 0) is 16.0 Å². The topological polar surface area (TPSA) is 115 Å². The second kappa shape index (κ2) is 12.3. The van der Waals surface area contributed by atoms with E-state index in [0.29, 0.717) is 37.0 Å². The lowest BCUT2D eigenvalue weighted by Crippen LogP contribution is -2.25. The zero-order chi connectivity index (χ0) is 20.2.